The highest BCUT2D eigenvalue weighted by molar-refractivity contribution is 9.11. The van der Waals surface area contributed by atoms with Gasteiger partial charge in [0.25, 0.3) is 0 Å². The van der Waals surface area contributed by atoms with E-state index in [4.69, 9.17) is 18.7 Å². The molecule has 0 bridgehead atoms. The quantitative estimate of drug-likeness (QED) is 0.352. The summed E-state index contributed by atoms with van der Waals surface area (Å²) in [5.74, 6) is -1.36. The van der Waals surface area contributed by atoms with Crippen molar-refractivity contribution in [2.75, 3.05) is 6.61 Å². The minimum Gasteiger partial charge on any atom is -0.477 e. The van der Waals surface area contributed by atoms with Crippen LogP contribution < -0.4 is 0 Å². The van der Waals surface area contributed by atoms with Crippen molar-refractivity contribution in [2.24, 2.45) is 0 Å². The zero-order valence-corrected chi connectivity index (χ0v) is 16.4. The van der Waals surface area contributed by atoms with E-state index in [-0.39, 0.29) is 11.7 Å². The smallest absolute Gasteiger partial charge is 0.354 e. The lowest BCUT2D eigenvalue weighted by atomic mass is 10.4. The highest BCUT2D eigenvalue weighted by Gasteiger charge is 2.14. The molecular weight excluding hydrogens is 476 g/mol. The Morgan fingerprint density at radius 1 is 1.04 bits per heavy atom. The molecule has 0 aliphatic carbocycles. The molecule has 0 spiro atoms. The fourth-order valence-electron chi connectivity index (χ4n) is 2.19. The van der Waals surface area contributed by atoms with Crippen LogP contribution in [0, 0.1) is 0 Å². The molecule has 0 aliphatic heterocycles. The number of aromatic amines is 2. The normalized spacial score (nSPS) is 10.7. The van der Waals surface area contributed by atoms with E-state index in [9.17, 15) is 9.59 Å². The van der Waals surface area contributed by atoms with Crippen LogP contribution in [0.3, 0.4) is 0 Å². The maximum absolute atomic E-state index is 11.3. The molecule has 0 radical (unpaired) electrons. The van der Waals surface area contributed by atoms with Crippen molar-refractivity contribution in [3.63, 3.8) is 0 Å². The summed E-state index contributed by atoms with van der Waals surface area (Å²) < 4.78 is 16.6. The summed E-state index contributed by atoms with van der Waals surface area (Å²) in [6.45, 7) is 2.13. The first-order chi connectivity index (χ1) is 12.4. The predicted molar refractivity (Wildman–Crippen MR) is 99.4 cm³/mol. The van der Waals surface area contributed by atoms with Gasteiger partial charge in [0.05, 0.1) is 26.6 Å². The number of carboxylic acid groups (broad SMARTS) is 1. The van der Waals surface area contributed by atoms with Crippen molar-refractivity contribution < 1.29 is 28.3 Å². The molecular formula is C16H12Br2N2O6. The molecule has 0 fully saturated rings. The lowest BCUT2D eigenvalue weighted by molar-refractivity contribution is 0.0520. The molecule has 0 amide bonds. The van der Waals surface area contributed by atoms with E-state index in [0.29, 0.717) is 29.0 Å². The Hall–Kier alpha value is -2.46. The Labute approximate surface area is 162 Å². The molecule has 136 valence electrons. The number of H-pyrrole nitrogens is 2. The topological polar surface area (TPSA) is 121 Å². The standard InChI is InChI=1S/C9H8BrNO3.C7H4BrNO3/c1-2-13-9(12)6-3-7-8(11-6)5(10)4-14-7;8-3-2-12-5-1-4(7(10)11)9-6(3)5/h3-4,11H,2H2,1H3;1-2,9H,(H,10,11). The van der Waals surface area contributed by atoms with Crippen LogP contribution in [0.5, 0.6) is 0 Å². The number of halogens is 2. The maximum atomic E-state index is 11.3. The van der Waals surface area contributed by atoms with Gasteiger partial charge in [0.2, 0.25) is 0 Å². The van der Waals surface area contributed by atoms with Crippen molar-refractivity contribution in [1.82, 2.24) is 9.97 Å². The number of carbonyl (C=O) groups excluding carboxylic acids is 1. The van der Waals surface area contributed by atoms with Gasteiger partial charge < -0.3 is 28.6 Å². The molecule has 0 unspecified atom stereocenters. The van der Waals surface area contributed by atoms with Gasteiger partial charge in [0.15, 0.2) is 11.2 Å². The molecule has 4 aromatic heterocycles. The van der Waals surface area contributed by atoms with Crippen LogP contribution in [0.1, 0.15) is 27.9 Å². The lowest BCUT2D eigenvalue weighted by Gasteiger charge is -1.96. The third kappa shape index (κ3) is 3.56. The molecule has 4 heterocycles. The maximum Gasteiger partial charge on any atom is 0.354 e. The zero-order valence-electron chi connectivity index (χ0n) is 13.3. The molecule has 10 heteroatoms. The molecule has 0 atom stereocenters. The fourth-order valence-corrected chi connectivity index (χ4v) is 2.97. The summed E-state index contributed by atoms with van der Waals surface area (Å²) in [7, 11) is 0. The van der Waals surface area contributed by atoms with Crippen LogP contribution in [0.4, 0.5) is 0 Å². The largest absolute Gasteiger partial charge is 0.477 e. The van der Waals surface area contributed by atoms with E-state index in [2.05, 4.69) is 41.8 Å². The van der Waals surface area contributed by atoms with Gasteiger partial charge >= 0.3 is 11.9 Å². The van der Waals surface area contributed by atoms with Crippen LogP contribution in [-0.2, 0) is 4.74 Å². The number of hydrogen-bond acceptors (Lipinski definition) is 5. The van der Waals surface area contributed by atoms with E-state index in [0.717, 1.165) is 14.5 Å². The summed E-state index contributed by atoms with van der Waals surface area (Å²) in [6.07, 6.45) is 3.07. The third-order valence-electron chi connectivity index (χ3n) is 3.35. The Morgan fingerprint density at radius 2 is 1.54 bits per heavy atom. The van der Waals surface area contributed by atoms with Crippen molar-refractivity contribution in [3.05, 3.63) is 45.0 Å². The minimum absolute atomic E-state index is 0.130. The summed E-state index contributed by atoms with van der Waals surface area (Å²) in [5.41, 5.74) is 3.16. The van der Waals surface area contributed by atoms with Crippen LogP contribution in [-0.4, -0.2) is 33.6 Å². The van der Waals surface area contributed by atoms with Crippen molar-refractivity contribution in [1.29, 1.82) is 0 Å². The van der Waals surface area contributed by atoms with Gasteiger partial charge in [0, 0.05) is 12.1 Å². The number of nitrogens with one attached hydrogen (secondary N) is 2. The first kappa shape index (κ1) is 18.3. The third-order valence-corrected chi connectivity index (χ3v) is 4.51. The molecule has 0 aliphatic rings. The highest BCUT2D eigenvalue weighted by atomic mass is 79.9. The van der Waals surface area contributed by atoms with E-state index >= 15 is 0 Å². The molecule has 0 aromatic carbocycles. The predicted octanol–water partition coefficient (Wildman–Crippen LogP) is 4.92. The van der Waals surface area contributed by atoms with Gasteiger partial charge in [-0.2, -0.15) is 0 Å². The second kappa shape index (κ2) is 7.42. The van der Waals surface area contributed by atoms with E-state index in [1.165, 1.54) is 12.3 Å². The molecule has 3 N–H and O–H groups in total. The number of aromatic nitrogens is 2. The number of aromatic carboxylic acids is 1. The first-order valence-electron chi connectivity index (χ1n) is 7.32. The summed E-state index contributed by atoms with van der Waals surface area (Å²) in [6, 6.07) is 3.07. The van der Waals surface area contributed by atoms with Crippen molar-refractivity contribution in [2.45, 2.75) is 6.92 Å². The van der Waals surface area contributed by atoms with Crippen LogP contribution in [0.15, 0.2) is 42.4 Å². The molecule has 4 rings (SSSR count). The first-order valence-corrected chi connectivity index (χ1v) is 8.91. The van der Waals surface area contributed by atoms with E-state index in [1.54, 1.807) is 19.3 Å². The number of furan rings is 2. The molecule has 26 heavy (non-hydrogen) atoms. The Kier molecular flexibility index (Phi) is 5.23. The summed E-state index contributed by atoms with van der Waals surface area (Å²) >= 11 is 6.50. The number of carbonyl (C=O) groups is 2. The minimum atomic E-state index is -0.992. The Balaban J connectivity index is 0.000000152. The number of fused-ring (bicyclic) bond motifs is 2. The number of carboxylic acids is 1. The molecule has 0 saturated carbocycles. The Bertz CT molecular complexity index is 1090. The average Bonchev–Trinajstić information content (AvgIpc) is 3.33. The van der Waals surface area contributed by atoms with Gasteiger partial charge in [-0.1, -0.05) is 0 Å². The second-order valence-corrected chi connectivity index (χ2v) is 6.75. The summed E-state index contributed by atoms with van der Waals surface area (Å²) in [4.78, 5) is 27.4. The molecule has 4 aromatic rings. The van der Waals surface area contributed by atoms with Crippen LogP contribution in [0.25, 0.3) is 22.2 Å². The fraction of sp³-hybridized carbons (Fsp3) is 0.125. The molecule has 8 nitrogen and oxygen atoms in total. The van der Waals surface area contributed by atoms with Crippen LogP contribution in [0.2, 0.25) is 0 Å². The van der Waals surface area contributed by atoms with Crippen molar-refractivity contribution >= 4 is 66.0 Å². The number of esters is 1. The second-order valence-electron chi connectivity index (χ2n) is 5.04. The highest BCUT2D eigenvalue weighted by Crippen LogP contribution is 2.26. The van der Waals surface area contributed by atoms with E-state index in [1.807, 2.05) is 0 Å². The summed E-state index contributed by atoms with van der Waals surface area (Å²) in [5, 5.41) is 8.61. The monoisotopic (exact) mass is 486 g/mol. The molecule has 0 saturated heterocycles. The zero-order chi connectivity index (χ0) is 18.8. The van der Waals surface area contributed by atoms with Gasteiger partial charge in [-0.25, -0.2) is 9.59 Å². The van der Waals surface area contributed by atoms with Crippen LogP contribution >= 0.6 is 31.9 Å². The van der Waals surface area contributed by atoms with Crippen molar-refractivity contribution in [3.8, 4) is 0 Å². The van der Waals surface area contributed by atoms with Gasteiger partial charge in [-0.05, 0) is 38.8 Å². The average molecular weight is 488 g/mol. The van der Waals surface area contributed by atoms with Gasteiger partial charge in [-0.15, -0.1) is 0 Å². The Morgan fingerprint density at radius 3 is 2.00 bits per heavy atom. The number of hydrogen-bond donors (Lipinski definition) is 3. The SMILES string of the molecule is CCOC(=O)c1cc2occ(Br)c2[nH]1.O=C(O)c1cc2occ(Br)c2[nH]1. The lowest BCUT2D eigenvalue weighted by Crippen LogP contribution is -2.04. The van der Waals surface area contributed by atoms with Gasteiger partial charge in [0.1, 0.15) is 23.9 Å². The van der Waals surface area contributed by atoms with E-state index < -0.39 is 5.97 Å². The number of ether oxygens (including phenoxy) is 1. The van der Waals surface area contributed by atoms with Gasteiger partial charge in [-0.3, -0.25) is 0 Å². The number of rotatable bonds is 3.